The van der Waals surface area contributed by atoms with Crippen LogP contribution in [0.1, 0.15) is 22.5 Å². The Balaban J connectivity index is 0.00000320. The third kappa shape index (κ3) is 5.98. The van der Waals surface area contributed by atoms with E-state index < -0.39 is 0 Å². The van der Waals surface area contributed by atoms with Crippen molar-refractivity contribution in [3.63, 3.8) is 0 Å². The fourth-order valence-corrected chi connectivity index (χ4v) is 3.36. The van der Waals surface area contributed by atoms with Crippen LogP contribution in [-0.4, -0.2) is 36.4 Å². The van der Waals surface area contributed by atoms with Crippen LogP contribution >= 0.6 is 24.0 Å². The Morgan fingerprint density at radius 1 is 1.03 bits per heavy atom. The van der Waals surface area contributed by atoms with Gasteiger partial charge in [0.2, 0.25) is 0 Å². The number of guanidine groups is 1. The van der Waals surface area contributed by atoms with Gasteiger partial charge in [-0.1, -0.05) is 36.4 Å². The van der Waals surface area contributed by atoms with Crippen LogP contribution in [-0.2, 0) is 13.0 Å². The molecule has 160 valence electrons. The van der Waals surface area contributed by atoms with Crippen molar-refractivity contribution in [3.05, 3.63) is 77.1 Å². The lowest BCUT2D eigenvalue weighted by Crippen LogP contribution is -2.38. The Hall–Kier alpha value is -2.55. The second kappa shape index (κ2) is 11.6. The molecule has 0 aliphatic rings. The van der Waals surface area contributed by atoms with Crippen LogP contribution in [0.3, 0.4) is 0 Å². The maximum absolute atomic E-state index is 5.42. The lowest BCUT2D eigenvalue weighted by Gasteiger charge is -2.15. The zero-order valence-corrected chi connectivity index (χ0v) is 20.3. The Morgan fingerprint density at radius 2 is 1.73 bits per heavy atom. The molecule has 0 spiro atoms. The van der Waals surface area contributed by atoms with Gasteiger partial charge in [0.1, 0.15) is 5.75 Å². The number of para-hydroxylation sites is 2. The van der Waals surface area contributed by atoms with Crippen LogP contribution in [0.5, 0.6) is 5.75 Å². The van der Waals surface area contributed by atoms with E-state index in [1.165, 1.54) is 5.56 Å². The molecule has 0 aliphatic carbocycles. The van der Waals surface area contributed by atoms with E-state index in [0.29, 0.717) is 6.54 Å². The number of hydrogen-bond acceptors (Lipinski definition) is 3. The highest BCUT2D eigenvalue weighted by Gasteiger charge is 2.09. The summed E-state index contributed by atoms with van der Waals surface area (Å²) in [5, 5.41) is 11.4. The van der Waals surface area contributed by atoms with Gasteiger partial charge in [-0.25, -0.2) is 4.68 Å². The molecule has 2 N–H and O–H groups in total. The van der Waals surface area contributed by atoms with E-state index in [1.807, 2.05) is 41.9 Å². The van der Waals surface area contributed by atoms with E-state index in [2.05, 4.69) is 51.9 Å². The van der Waals surface area contributed by atoms with E-state index in [4.69, 9.17) is 4.74 Å². The first-order valence-electron chi connectivity index (χ1n) is 9.80. The summed E-state index contributed by atoms with van der Waals surface area (Å²) in [7, 11) is 3.48. The highest BCUT2D eigenvalue weighted by Crippen LogP contribution is 2.18. The molecule has 0 bridgehead atoms. The van der Waals surface area contributed by atoms with Crippen molar-refractivity contribution in [2.75, 3.05) is 20.7 Å². The highest BCUT2D eigenvalue weighted by atomic mass is 127. The summed E-state index contributed by atoms with van der Waals surface area (Å²) < 4.78 is 7.41. The minimum atomic E-state index is 0. The monoisotopic (exact) mass is 519 g/mol. The number of hydrogen-bond donors (Lipinski definition) is 2. The fourth-order valence-electron chi connectivity index (χ4n) is 3.36. The molecule has 0 atom stereocenters. The molecular weight excluding hydrogens is 489 g/mol. The quantitative estimate of drug-likeness (QED) is 0.281. The minimum Gasteiger partial charge on any atom is -0.496 e. The summed E-state index contributed by atoms with van der Waals surface area (Å²) in [6.07, 6.45) is 0.854. The van der Waals surface area contributed by atoms with Gasteiger partial charge in [-0.3, -0.25) is 4.99 Å². The number of methoxy groups -OCH3 is 1. The first kappa shape index (κ1) is 23.7. The van der Waals surface area contributed by atoms with Crippen LogP contribution in [0.4, 0.5) is 0 Å². The van der Waals surface area contributed by atoms with Crippen molar-refractivity contribution < 1.29 is 4.74 Å². The lowest BCUT2D eigenvalue weighted by molar-refractivity contribution is 0.409. The molecule has 3 aromatic rings. The van der Waals surface area contributed by atoms with Crippen LogP contribution in [0.25, 0.3) is 5.69 Å². The second-order valence-corrected chi connectivity index (χ2v) is 6.88. The number of nitrogens with zero attached hydrogens (tertiary/aromatic N) is 3. The number of ether oxygens (including phenoxy) is 1. The highest BCUT2D eigenvalue weighted by molar-refractivity contribution is 14.0. The van der Waals surface area contributed by atoms with Crippen molar-refractivity contribution >= 4 is 29.9 Å². The Morgan fingerprint density at radius 3 is 2.40 bits per heavy atom. The number of aliphatic imine (C=N–C) groups is 1. The number of nitrogens with one attached hydrogen (secondary N) is 2. The van der Waals surface area contributed by atoms with Crippen LogP contribution in [0, 0.1) is 13.8 Å². The summed E-state index contributed by atoms with van der Waals surface area (Å²) in [5.74, 6) is 1.68. The SMILES string of the molecule is CN=C(NCCc1ccccc1OC)NCc1ccccc1-n1nc(C)cc1C.I. The predicted molar refractivity (Wildman–Crippen MR) is 133 cm³/mol. The Kier molecular flexibility index (Phi) is 9.16. The number of aryl methyl sites for hydroxylation is 2. The van der Waals surface area contributed by atoms with Gasteiger partial charge in [-0.15, -0.1) is 24.0 Å². The molecule has 1 heterocycles. The minimum absolute atomic E-state index is 0. The molecule has 3 rings (SSSR count). The van der Waals surface area contributed by atoms with E-state index in [0.717, 1.165) is 47.3 Å². The van der Waals surface area contributed by atoms with E-state index in [1.54, 1.807) is 14.2 Å². The zero-order chi connectivity index (χ0) is 20.6. The van der Waals surface area contributed by atoms with Gasteiger partial charge in [0.05, 0.1) is 18.5 Å². The largest absolute Gasteiger partial charge is 0.496 e. The maximum atomic E-state index is 5.42. The normalized spacial score (nSPS) is 11.0. The molecule has 30 heavy (non-hydrogen) atoms. The van der Waals surface area contributed by atoms with Crippen LogP contribution in [0.15, 0.2) is 59.6 Å². The van der Waals surface area contributed by atoms with Gasteiger partial charge >= 0.3 is 0 Å². The van der Waals surface area contributed by atoms with Crippen molar-refractivity contribution in [2.24, 2.45) is 4.99 Å². The first-order valence-corrected chi connectivity index (χ1v) is 9.80. The molecule has 7 heteroatoms. The number of aromatic nitrogens is 2. The molecule has 0 fully saturated rings. The number of rotatable bonds is 7. The molecular formula is C23H30IN5O. The molecule has 0 radical (unpaired) electrons. The molecule has 2 aromatic carbocycles. The fraction of sp³-hybridized carbons (Fsp3) is 0.304. The smallest absolute Gasteiger partial charge is 0.191 e. The van der Waals surface area contributed by atoms with Crippen molar-refractivity contribution in [2.45, 2.75) is 26.8 Å². The van der Waals surface area contributed by atoms with Gasteiger partial charge in [-0.05, 0) is 49.6 Å². The lowest BCUT2D eigenvalue weighted by atomic mass is 10.1. The molecule has 0 aliphatic heterocycles. The van der Waals surface area contributed by atoms with Crippen LogP contribution in [0.2, 0.25) is 0 Å². The summed E-state index contributed by atoms with van der Waals surface area (Å²) in [6, 6.07) is 18.5. The Bertz CT molecular complexity index is 983. The van der Waals surface area contributed by atoms with E-state index >= 15 is 0 Å². The average Bonchev–Trinajstić information content (AvgIpc) is 3.08. The topological polar surface area (TPSA) is 63.5 Å². The van der Waals surface area contributed by atoms with Gasteiger partial charge < -0.3 is 15.4 Å². The third-order valence-corrected chi connectivity index (χ3v) is 4.78. The maximum Gasteiger partial charge on any atom is 0.191 e. The molecule has 6 nitrogen and oxygen atoms in total. The third-order valence-electron chi connectivity index (χ3n) is 4.78. The molecule has 0 saturated heterocycles. The van der Waals surface area contributed by atoms with E-state index in [9.17, 15) is 0 Å². The second-order valence-electron chi connectivity index (χ2n) is 6.88. The molecule has 1 aromatic heterocycles. The summed E-state index contributed by atoms with van der Waals surface area (Å²) in [4.78, 5) is 4.34. The number of halogens is 1. The van der Waals surface area contributed by atoms with Gasteiger partial charge in [0.25, 0.3) is 0 Å². The van der Waals surface area contributed by atoms with Gasteiger partial charge in [0.15, 0.2) is 5.96 Å². The molecule has 0 saturated carbocycles. The van der Waals surface area contributed by atoms with Gasteiger partial charge in [-0.2, -0.15) is 5.10 Å². The first-order chi connectivity index (χ1) is 14.1. The Labute approximate surface area is 195 Å². The average molecular weight is 519 g/mol. The summed E-state index contributed by atoms with van der Waals surface area (Å²) in [6.45, 7) is 5.50. The predicted octanol–water partition coefficient (Wildman–Crippen LogP) is 4.02. The standard InChI is InChI=1S/C23H29N5O.HI/c1-17-15-18(2)28(27-17)21-11-7-5-10-20(21)16-26-23(24-3)25-14-13-19-9-6-8-12-22(19)29-4;/h5-12,15H,13-14,16H2,1-4H3,(H2,24,25,26);1H. The van der Waals surface area contributed by atoms with Crippen molar-refractivity contribution in [1.29, 1.82) is 0 Å². The summed E-state index contributed by atoms with van der Waals surface area (Å²) >= 11 is 0. The zero-order valence-electron chi connectivity index (χ0n) is 18.0. The summed E-state index contributed by atoms with van der Waals surface area (Å²) in [5.41, 5.74) is 5.54. The number of benzene rings is 2. The van der Waals surface area contributed by atoms with Crippen molar-refractivity contribution in [3.8, 4) is 11.4 Å². The van der Waals surface area contributed by atoms with Gasteiger partial charge in [0, 0.05) is 25.8 Å². The molecule has 0 unspecified atom stereocenters. The van der Waals surface area contributed by atoms with Crippen molar-refractivity contribution in [1.82, 2.24) is 20.4 Å². The van der Waals surface area contributed by atoms with Crippen LogP contribution < -0.4 is 15.4 Å². The van der Waals surface area contributed by atoms with E-state index in [-0.39, 0.29) is 24.0 Å². The molecule has 0 amide bonds.